The van der Waals surface area contributed by atoms with Crippen LogP contribution in [0.15, 0.2) is 42.7 Å². The van der Waals surface area contributed by atoms with Crippen LogP contribution >= 0.6 is 0 Å². The SMILES string of the molecule is CCOC(=O)CCN(Cc1ccncc1)C(=O)c1ccc(OC)c(OC)c1. The fourth-order valence-electron chi connectivity index (χ4n) is 2.57. The van der Waals surface area contributed by atoms with Crippen molar-refractivity contribution in [2.75, 3.05) is 27.4 Å². The minimum atomic E-state index is -0.336. The summed E-state index contributed by atoms with van der Waals surface area (Å²) in [6, 6.07) is 8.65. The van der Waals surface area contributed by atoms with Gasteiger partial charge >= 0.3 is 5.97 Å². The summed E-state index contributed by atoms with van der Waals surface area (Å²) in [7, 11) is 3.05. The van der Waals surface area contributed by atoms with Crippen LogP contribution in [0.2, 0.25) is 0 Å². The average Bonchev–Trinajstić information content (AvgIpc) is 2.71. The number of ether oxygens (including phenoxy) is 3. The molecule has 0 spiro atoms. The van der Waals surface area contributed by atoms with E-state index >= 15 is 0 Å². The van der Waals surface area contributed by atoms with E-state index < -0.39 is 0 Å². The monoisotopic (exact) mass is 372 g/mol. The molecule has 0 radical (unpaired) electrons. The highest BCUT2D eigenvalue weighted by Crippen LogP contribution is 2.28. The van der Waals surface area contributed by atoms with E-state index in [2.05, 4.69) is 4.98 Å². The molecule has 0 unspecified atom stereocenters. The lowest BCUT2D eigenvalue weighted by atomic mass is 10.1. The van der Waals surface area contributed by atoms with Gasteiger partial charge in [0.25, 0.3) is 5.91 Å². The second kappa shape index (κ2) is 10.2. The van der Waals surface area contributed by atoms with Crippen molar-refractivity contribution in [1.82, 2.24) is 9.88 Å². The number of nitrogens with zero attached hydrogens (tertiary/aromatic N) is 2. The smallest absolute Gasteiger partial charge is 0.307 e. The van der Waals surface area contributed by atoms with Crippen LogP contribution in [-0.4, -0.2) is 49.1 Å². The first kappa shape index (κ1) is 20.2. The summed E-state index contributed by atoms with van der Waals surface area (Å²) >= 11 is 0. The fourth-order valence-corrected chi connectivity index (χ4v) is 2.57. The molecular weight excluding hydrogens is 348 g/mol. The molecule has 1 heterocycles. The van der Waals surface area contributed by atoms with Crippen molar-refractivity contribution in [3.05, 3.63) is 53.9 Å². The van der Waals surface area contributed by atoms with Gasteiger partial charge in [0.15, 0.2) is 11.5 Å². The zero-order chi connectivity index (χ0) is 19.6. The Morgan fingerprint density at radius 2 is 1.74 bits per heavy atom. The zero-order valence-corrected chi connectivity index (χ0v) is 15.8. The van der Waals surface area contributed by atoms with Gasteiger partial charge in [0.05, 0.1) is 27.2 Å². The molecule has 0 atom stereocenters. The van der Waals surface area contributed by atoms with Crippen molar-refractivity contribution in [2.45, 2.75) is 19.9 Å². The van der Waals surface area contributed by atoms with Gasteiger partial charge in [-0.25, -0.2) is 0 Å². The summed E-state index contributed by atoms with van der Waals surface area (Å²) < 4.78 is 15.5. The van der Waals surface area contributed by atoms with Crippen molar-refractivity contribution in [3.8, 4) is 11.5 Å². The largest absolute Gasteiger partial charge is 0.493 e. The molecule has 144 valence electrons. The predicted octanol–water partition coefficient (Wildman–Crippen LogP) is 2.69. The lowest BCUT2D eigenvalue weighted by Crippen LogP contribution is -2.33. The van der Waals surface area contributed by atoms with E-state index in [0.717, 1.165) is 5.56 Å². The number of hydrogen-bond acceptors (Lipinski definition) is 6. The molecule has 1 aromatic carbocycles. The Hall–Kier alpha value is -3.09. The number of esters is 1. The van der Waals surface area contributed by atoms with E-state index in [0.29, 0.717) is 30.2 Å². The summed E-state index contributed by atoms with van der Waals surface area (Å²) in [4.78, 5) is 30.4. The molecule has 0 fully saturated rings. The number of amides is 1. The van der Waals surface area contributed by atoms with E-state index in [1.54, 1.807) is 42.4 Å². The molecule has 1 amide bonds. The molecule has 2 aromatic rings. The van der Waals surface area contributed by atoms with Crippen LogP contribution < -0.4 is 9.47 Å². The van der Waals surface area contributed by atoms with E-state index in [1.165, 1.54) is 14.2 Å². The third-order valence-electron chi connectivity index (χ3n) is 3.93. The molecule has 7 heteroatoms. The van der Waals surface area contributed by atoms with Crippen LogP contribution in [-0.2, 0) is 16.1 Å². The van der Waals surface area contributed by atoms with Gasteiger partial charge in [-0.2, -0.15) is 0 Å². The lowest BCUT2D eigenvalue weighted by Gasteiger charge is -2.23. The zero-order valence-electron chi connectivity index (χ0n) is 15.8. The highest BCUT2D eigenvalue weighted by molar-refractivity contribution is 5.95. The van der Waals surface area contributed by atoms with Crippen LogP contribution in [0.5, 0.6) is 11.5 Å². The molecule has 0 aliphatic rings. The Kier molecular flexibility index (Phi) is 7.61. The normalized spacial score (nSPS) is 10.2. The Labute approximate surface area is 158 Å². The lowest BCUT2D eigenvalue weighted by molar-refractivity contribution is -0.143. The van der Waals surface area contributed by atoms with Gasteiger partial charge in [0.2, 0.25) is 0 Å². The van der Waals surface area contributed by atoms with Gasteiger partial charge in [0.1, 0.15) is 0 Å². The van der Waals surface area contributed by atoms with Crippen LogP contribution in [0.4, 0.5) is 0 Å². The number of rotatable bonds is 9. The summed E-state index contributed by atoms with van der Waals surface area (Å²) in [5.41, 5.74) is 1.37. The van der Waals surface area contributed by atoms with Gasteiger partial charge in [-0.05, 0) is 42.8 Å². The average molecular weight is 372 g/mol. The number of methoxy groups -OCH3 is 2. The molecule has 0 N–H and O–H groups in total. The van der Waals surface area contributed by atoms with Crippen molar-refractivity contribution < 1.29 is 23.8 Å². The second-order valence-corrected chi connectivity index (χ2v) is 5.71. The third-order valence-corrected chi connectivity index (χ3v) is 3.93. The molecule has 1 aromatic heterocycles. The molecule has 27 heavy (non-hydrogen) atoms. The summed E-state index contributed by atoms with van der Waals surface area (Å²) in [6.45, 7) is 2.66. The Morgan fingerprint density at radius 3 is 2.37 bits per heavy atom. The highest BCUT2D eigenvalue weighted by Gasteiger charge is 2.19. The van der Waals surface area contributed by atoms with Crippen LogP contribution in [0.25, 0.3) is 0 Å². The van der Waals surface area contributed by atoms with Gasteiger partial charge in [-0.15, -0.1) is 0 Å². The van der Waals surface area contributed by atoms with Gasteiger partial charge in [-0.3, -0.25) is 14.6 Å². The molecule has 0 saturated carbocycles. The minimum absolute atomic E-state index is 0.123. The van der Waals surface area contributed by atoms with Crippen LogP contribution in [0.1, 0.15) is 29.3 Å². The molecule has 7 nitrogen and oxygen atoms in total. The number of hydrogen-bond donors (Lipinski definition) is 0. The fraction of sp³-hybridized carbons (Fsp3) is 0.350. The van der Waals surface area contributed by atoms with Crippen LogP contribution in [0.3, 0.4) is 0 Å². The van der Waals surface area contributed by atoms with Gasteiger partial charge < -0.3 is 19.1 Å². The number of pyridine rings is 1. The number of benzene rings is 1. The van der Waals surface area contributed by atoms with Crippen molar-refractivity contribution in [1.29, 1.82) is 0 Å². The van der Waals surface area contributed by atoms with Crippen LogP contribution in [0, 0.1) is 0 Å². The summed E-state index contributed by atoms with van der Waals surface area (Å²) in [5, 5.41) is 0. The van der Waals surface area contributed by atoms with E-state index in [1.807, 2.05) is 12.1 Å². The molecule has 0 aliphatic heterocycles. The van der Waals surface area contributed by atoms with Crippen molar-refractivity contribution in [3.63, 3.8) is 0 Å². The summed E-state index contributed by atoms with van der Waals surface area (Å²) in [5.74, 6) is 0.466. The third kappa shape index (κ3) is 5.70. The second-order valence-electron chi connectivity index (χ2n) is 5.71. The molecule has 2 rings (SSSR count). The molecule has 0 bridgehead atoms. The Balaban J connectivity index is 2.22. The number of carbonyl (C=O) groups is 2. The minimum Gasteiger partial charge on any atom is -0.493 e. The molecule has 0 aliphatic carbocycles. The first-order valence-electron chi connectivity index (χ1n) is 8.64. The predicted molar refractivity (Wildman–Crippen MR) is 99.8 cm³/mol. The Morgan fingerprint density at radius 1 is 1.04 bits per heavy atom. The molecular formula is C20H24N2O5. The van der Waals surface area contributed by atoms with E-state index in [9.17, 15) is 9.59 Å². The maximum atomic E-state index is 13.0. The van der Waals surface area contributed by atoms with E-state index in [-0.39, 0.29) is 24.8 Å². The maximum absolute atomic E-state index is 13.0. The van der Waals surface area contributed by atoms with Crippen molar-refractivity contribution >= 4 is 11.9 Å². The first-order valence-corrected chi connectivity index (χ1v) is 8.64. The van der Waals surface area contributed by atoms with Crippen molar-refractivity contribution in [2.24, 2.45) is 0 Å². The van der Waals surface area contributed by atoms with E-state index in [4.69, 9.17) is 14.2 Å². The summed E-state index contributed by atoms with van der Waals surface area (Å²) in [6.07, 6.45) is 3.46. The molecule has 0 saturated heterocycles. The highest BCUT2D eigenvalue weighted by atomic mass is 16.5. The number of carbonyl (C=O) groups excluding carboxylic acids is 2. The van der Waals surface area contributed by atoms with Gasteiger partial charge in [-0.1, -0.05) is 0 Å². The maximum Gasteiger partial charge on any atom is 0.307 e. The quantitative estimate of drug-likeness (QED) is 0.630. The standard InChI is InChI=1S/C20H24N2O5/c1-4-27-19(23)9-12-22(14-15-7-10-21-11-8-15)20(24)16-5-6-17(25-2)18(13-16)26-3/h5-8,10-11,13H,4,9,12,14H2,1-3H3. The van der Waals surface area contributed by atoms with Gasteiger partial charge in [0, 0.05) is 31.0 Å². The first-order chi connectivity index (χ1) is 13.1. The Bertz CT molecular complexity index is 764. The topological polar surface area (TPSA) is 78.0 Å². The number of aromatic nitrogens is 1.